The smallest absolute Gasteiger partial charge is 0.161 e. The first-order valence-electron chi connectivity index (χ1n) is 19.0. The van der Waals surface area contributed by atoms with Crippen molar-refractivity contribution in [1.82, 2.24) is 19.1 Å². The van der Waals surface area contributed by atoms with Crippen LogP contribution in [-0.2, 0) is 0 Å². The van der Waals surface area contributed by atoms with E-state index in [9.17, 15) is 0 Å². The second-order valence-corrected chi connectivity index (χ2v) is 14.2. The summed E-state index contributed by atoms with van der Waals surface area (Å²) < 4.78 is 4.86. The molecular formula is C52H34N4. The van der Waals surface area contributed by atoms with Gasteiger partial charge in [-0.1, -0.05) is 164 Å². The molecular weight excluding hydrogens is 681 g/mol. The lowest BCUT2D eigenvalue weighted by Crippen LogP contribution is -2.01. The molecule has 0 bridgehead atoms. The molecule has 262 valence electrons. The first kappa shape index (κ1) is 31.9. The van der Waals surface area contributed by atoms with Crippen LogP contribution >= 0.6 is 0 Å². The van der Waals surface area contributed by atoms with Gasteiger partial charge in [0.15, 0.2) is 5.82 Å². The van der Waals surface area contributed by atoms with Crippen LogP contribution in [0, 0.1) is 0 Å². The summed E-state index contributed by atoms with van der Waals surface area (Å²) in [5, 5.41) is 4.86. The summed E-state index contributed by atoms with van der Waals surface area (Å²) >= 11 is 0. The zero-order valence-electron chi connectivity index (χ0n) is 30.4. The molecule has 11 aromatic rings. The van der Waals surface area contributed by atoms with Crippen LogP contribution in [0.4, 0.5) is 0 Å². The van der Waals surface area contributed by atoms with E-state index in [1.165, 1.54) is 38.1 Å². The van der Waals surface area contributed by atoms with Crippen molar-refractivity contribution in [3.8, 4) is 56.4 Å². The topological polar surface area (TPSA) is 35.6 Å². The molecule has 0 atom stereocenters. The Kier molecular flexibility index (Phi) is 7.46. The maximum Gasteiger partial charge on any atom is 0.161 e. The molecule has 0 spiro atoms. The minimum Gasteiger partial charge on any atom is -0.309 e. The van der Waals surface area contributed by atoms with Crippen LogP contribution in [0.15, 0.2) is 206 Å². The van der Waals surface area contributed by atoms with E-state index >= 15 is 0 Å². The Morgan fingerprint density at radius 3 is 1.64 bits per heavy atom. The third kappa shape index (κ3) is 5.08. The maximum absolute atomic E-state index is 5.44. The van der Waals surface area contributed by atoms with Crippen LogP contribution in [-0.4, -0.2) is 19.1 Å². The molecule has 0 radical (unpaired) electrons. The second-order valence-electron chi connectivity index (χ2n) is 14.2. The molecule has 3 aromatic heterocycles. The van der Waals surface area contributed by atoms with Gasteiger partial charge in [-0.2, -0.15) is 0 Å². The fourth-order valence-corrected chi connectivity index (χ4v) is 8.51. The van der Waals surface area contributed by atoms with E-state index in [2.05, 4.69) is 209 Å². The molecule has 4 heteroatoms. The number of benzene rings is 8. The van der Waals surface area contributed by atoms with Gasteiger partial charge in [0.05, 0.1) is 39.1 Å². The number of nitrogens with zero attached hydrogens (tertiary/aromatic N) is 4. The van der Waals surface area contributed by atoms with Crippen molar-refractivity contribution in [2.24, 2.45) is 0 Å². The number of hydrogen-bond donors (Lipinski definition) is 0. The molecule has 0 unspecified atom stereocenters. The molecule has 0 saturated carbocycles. The Morgan fingerprint density at radius 2 is 0.893 bits per heavy atom. The van der Waals surface area contributed by atoms with Crippen molar-refractivity contribution >= 4 is 43.6 Å². The minimum atomic E-state index is 0.686. The highest BCUT2D eigenvalue weighted by molar-refractivity contribution is 6.26. The molecule has 0 aliphatic rings. The van der Waals surface area contributed by atoms with Crippen LogP contribution in [0.2, 0.25) is 0 Å². The van der Waals surface area contributed by atoms with Crippen LogP contribution in [0.1, 0.15) is 0 Å². The lowest BCUT2D eigenvalue weighted by Gasteiger charge is -2.16. The quantitative estimate of drug-likeness (QED) is 0.172. The average molecular weight is 715 g/mol. The van der Waals surface area contributed by atoms with Crippen LogP contribution in [0.3, 0.4) is 0 Å². The fourth-order valence-electron chi connectivity index (χ4n) is 8.51. The highest BCUT2D eigenvalue weighted by Crippen LogP contribution is 2.44. The number of hydrogen-bond acceptors (Lipinski definition) is 2. The van der Waals surface area contributed by atoms with Gasteiger partial charge in [-0.25, -0.2) is 9.97 Å². The van der Waals surface area contributed by atoms with Crippen molar-refractivity contribution < 1.29 is 0 Å². The van der Waals surface area contributed by atoms with Crippen molar-refractivity contribution in [3.63, 3.8) is 0 Å². The van der Waals surface area contributed by atoms with Crippen LogP contribution in [0.5, 0.6) is 0 Å². The van der Waals surface area contributed by atoms with Crippen molar-refractivity contribution in [1.29, 1.82) is 0 Å². The molecule has 0 aliphatic heterocycles. The highest BCUT2D eigenvalue weighted by Gasteiger charge is 2.23. The summed E-state index contributed by atoms with van der Waals surface area (Å²) in [6.45, 7) is 0. The maximum atomic E-state index is 5.44. The molecule has 0 aliphatic carbocycles. The molecule has 3 heterocycles. The van der Waals surface area contributed by atoms with Gasteiger partial charge in [-0.15, -0.1) is 0 Å². The third-order valence-corrected chi connectivity index (χ3v) is 11.0. The van der Waals surface area contributed by atoms with Gasteiger partial charge in [0.2, 0.25) is 0 Å². The van der Waals surface area contributed by atoms with E-state index < -0.39 is 0 Å². The van der Waals surface area contributed by atoms with Gasteiger partial charge in [-0.05, 0) is 53.6 Å². The second kappa shape index (κ2) is 13.1. The minimum absolute atomic E-state index is 0.686. The molecule has 0 saturated heterocycles. The molecule has 0 amide bonds. The van der Waals surface area contributed by atoms with Gasteiger partial charge in [-0.3, -0.25) is 0 Å². The van der Waals surface area contributed by atoms with E-state index in [1.54, 1.807) is 0 Å². The van der Waals surface area contributed by atoms with E-state index in [0.717, 1.165) is 56.1 Å². The Hall–Kier alpha value is -7.56. The lowest BCUT2D eigenvalue weighted by molar-refractivity contribution is 1.15. The monoisotopic (exact) mass is 714 g/mol. The summed E-state index contributed by atoms with van der Waals surface area (Å²) in [5.41, 5.74) is 13.9. The summed E-state index contributed by atoms with van der Waals surface area (Å²) in [7, 11) is 0. The zero-order chi connectivity index (χ0) is 37.0. The highest BCUT2D eigenvalue weighted by atomic mass is 15.0. The first-order valence-corrected chi connectivity index (χ1v) is 19.0. The van der Waals surface area contributed by atoms with E-state index in [0.29, 0.717) is 5.82 Å². The van der Waals surface area contributed by atoms with Crippen molar-refractivity contribution in [3.05, 3.63) is 206 Å². The standard InChI is InChI=1S/C52H34N4/c1-4-18-35(19-5-1)38-24-10-11-26-41(38)52-53-44(36-20-6-2-7-21-36)34-45(54-52)42-27-13-16-30-47(42)56-46-29-15-12-25-39(46)40-32-33-49-50(51(40)56)43-28-14-17-31-48(43)55(49)37-22-8-3-9-23-37/h1-34H. The van der Waals surface area contributed by atoms with Crippen LogP contribution in [0.25, 0.3) is 100 Å². The zero-order valence-corrected chi connectivity index (χ0v) is 30.4. The Bertz CT molecular complexity index is 3230. The largest absolute Gasteiger partial charge is 0.309 e. The summed E-state index contributed by atoms with van der Waals surface area (Å²) in [6.07, 6.45) is 0. The number of para-hydroxylation sites is 4. The van der Waals surface area contributed by atoms with Gasteiger partial charge >= 0.3 is 0 Å². The van der Waals surface area contributed by atoms with Gasteiger partial charge < -0.3 is 9.13 Å². The normalized spacial score (nSPS) is 11.6. The van der Waals surface area contributed by atoms with Gasteiger partial charge in [0.25, 0.3) is 0 Å². The predicted molar refractivity (Wildman–Crippen MR) is 232 cm³/mol. The van der Waals surface area contributed by atoms with Crippen LogP contribution < -0.4 is 0 Å². The summed E-state index contributed by atoms with van der Waals surface area (Å²) in [4.78, 5) is 10.7. The van der Waals surface area contributed by atoms with Crippen molar-refractivity contribution in [2.45, 2.75) is 0 Å². The predicted octanol–water partition coefficient (Wildman–Crippen LogP) is 13.3. The third-order valence-electron chi connectivity index (χ3n) is 11.0. The molecule has 4 nitrogen and oxygen atoms in total. The van der Waals surface area contributed by atoms with E-state index in [1.807, 2.05) is 6.07 Å². The van der Waals surface area contributed by atoms with Gasteiger partial charge in [0, 0.05) is 43.9 Å². The molecule has 8 aromatic carbocycles. The SMILES string of the molecule is c1ccc(-c2cc(-c3ccccc3-n3c4ccccc4c4ccc5c(c6ccccc6n5-c5ccccc5)c43)nc(-c3ccccc3-c3ccccc3)n2)cc1. The van der Waals surface area contributed by atoms with E-state index in [-0.39, 0.29) is 0 Å². The number of fused-ring (bicyclic) bond motifs is 7. The fraction of sp³-hybridized carbons (Fsp3) is 0. The number of rotatable bonds is 6. The first-order chi connectivity index (χ1) is 27.8. The number of aromatic nitrogens is 4. The Balaban J connectivity index is 1.23. The summed E-state index contributed by atoms with van der Waals surface area (Å²) in [6, 6.07) is 73.0. The molecule has 0 fully saturated rings. The average Bonchev–Trinajstić information content (AvgIpc) is 3.80. The Labute approximate surface area is 324 Å². The Morgan fingerprint density at radius 1 is 0.339 bits per heavy atom. The van der Waals surface area contributed by atoms with Gasteiger partial charge in [0.1, 0.15) is 0 Å². The molecule has 0 N–H and O–H groups in total. The van der Waals surface area contributed by atoms with E-state index in [4.69, 9.17) is 9.97 Å². The summed E-state index contributed by atoms with van der Waals surface area (Å²) in [5.74, 6) is 0.686. The van der Waals surface area contributed by atoms with Crippen molar-refractivity contribution in [2.75, 3.05) is 0 Å². The lowest BCUT2D eigenvalue weighted by atomic mass is 9.98. The molecule has 56 heavy (non-hydrogen) atoms. The molecule has 11 rings (SSSR count).